The van der Waals surface area contributed by atoms with Crippen LogP contribution in [0.15, 0.2) is 40.1 Å². The van der Waals surface area contributed by atoms with Gasteiger partial charge in [0, 0.05) is 17.2 Å². The Kier molecular flexibility index (Phi) is 6.72. The molecule has 3 rings (SSSR count). The van der Waals surface area contributed by atoms with E-state index in [2.05, 4.69) is 65.1 Å². The molecule has 0 bridgehead atoms. The Morgan fingerprint density at radius 2 is 2.12 bits per heavy atom. The molecule has 1 N–H and O–H groups in total. The minimum atomic E-state index is 0.662. The summed E-state index contributed by atoms with van der Waals surface area (Å²) in [6.45, 7) is 5.70. The molecular formula is C18H21N3OS3. The van der Waals surface area contributed by atoms with Gasteiger partial charge in [0.05, 0.1) is 6.61 Å². The lowest BCUT2D eigenvalue weighted by atomic mass is 10.1. The minimum absolute atomic E-state index is 0.662. The van der Waals surface area contributed by atoms with Crippen molar-refractivity contribution < 1.29 is 4.74 Å². The number of ether oxygens (including phenoxy) is 1. The number of hydrogen-bond acceptors (Lipinski definition) is 7. The molecule has 0 aliphatic heterocycles. The first-order chi connectivity index (χ1) is 12.2. The maximum Gasteiger partial charge on any atom is 0.206 e. The first-order valence-corrected chi connectivity index (χ1v) is 10.8. The molecule has 1 aromatic carbocycles. The molecule has 0 fully saturated rings. The third kappa shape index (κ3) is 5.73. The Bertz CT molecular complexity index is 787. The highest BCUT2D eigenvalue weighted by Gasteiger charge is 2.05. The van der Waals surface area contributed by atoms with Crippen molar-refractivity contribution in [1.82, 2.24) is 10.2 Å². The molecule has 7 heteroatoms. The van der Waals surface area contributed by atoms with Gasteiger partial charge in [-0.25, -0.2) is 0 Å². The number of benzene rings is 1. The van der Waals surface area contributed by atoms with Crippen LogP contribution in [0.3, 0.4) is 0 Å². The van der Waals surface area contributed by atoms with Crippen LogP contribution in [0.2, 0.25) is 0 Å². The van der Waals surface area contributed by atoms with Crippen molar-refractivity contribution in [3.05, 3.63) is 51.7 Å². The van der Waals surface area contributed by atoms with Crippen LogP contribution in [0.5, 0.6) is 5.75 Å². The van der Waals surface area contributed by atoms with Crippen LogP contribution in [0.25, 0.3) is 0 Å². The Morgan fingerprint density at radius 1 is 1.20 bits per heavy atom. The number of aryl methyl sites for hydroxylation is 2. The van der Waals surface area contributed by atoms with Gasteiger partial charge in [0.15, 0.2) is 4.34 Å². The Morgan fingerprint density at radius 3 is 2.96 bits per heavy atom. The highest BCUT2D eigenvalue weighted by Crippen LogP contribution is 2.26. The van der Waals surface area contributed by atoms with Gasteiger partial charge < -0.3 is 10.1 Å². The lowest BCUT2D eigenvalue weighted by Crippen LogP contribution is -2.03. The molecule has 0 unspecified atom stereocenters. The number of aromatic nitrogens is 2. The molecule has 0 saturated heterocycles. The normalized spacial score (nSPS) is 10.8. The SMILES string of the molecule is Cc1ccc(C)c(OCCSc2nnc(NCCc3cccs3)s2)c1. The zero-order chi connectivity index (χ0) is 17.5. The van der Waals surface area contributed by atoms with E-state index in [0.717, 1.165) is 33.9 Å². The molecule has 2 heterocycles. The zero-order valence-electron chi connectivity index (χ0n) is 14.3. The second kappa shape index (κ2) is 9.22. The van der Waals surface area contributed by atoms with E-state index in [-0.39, 0.29) is 0 Å². The predicted molar refractivity (Wildman–Crippen MR) is 109 cm³/mol. The molecule has 2 aromatic heterocycles. The molecule has 0 aliphatic carbocycles. The van der Waals surface area contributed by atoms with Gasteiger partial charge in [-0.15, -0.1) is 21.5 Å². The van der Waals surface area contributed by atoms with Gasteiger partial charge in [0.1, 0.15) is 5.75 Å². The third-order valence-corrected chi connectivity index (χ3v) is 6.46. The largest absolute Gasteiger partial charge is 0.492 e. The van der Waals surface area contributed by atoms with Crippen molar-refractivity contribution in [1.29, 1.82) is 0 Å². The van der Waals surface area contributed by atoms with Crippen LogP contribution < -0.4 is 10.1 Å². The van der Waals surface area contributed by atoms with Gasteiger partial charge in [-0.1, -0.05) is 41.3 Å². The van der Waals surface area contributed by atoms with Crippen molar-refractivity contribution in [3.8, 4) is 5.75 Å². The fourth-order valence-corrected chi connectivity index (χ4v) is 4.60. The standard InChI is InChI=1S/C18H21N3OS3/c1-13-5-6-14(2)16(12-13)22-9-11-24-18-21-20-17(25-18)19-8-7-15-4-3-10-23-15/h3-6,10,12H,7-9,11H2,1-2H3,(H,19,20). The summed E-state index contributed by atoms with van der Waals surface area (Å²) in [5, 5.41) is 14.8. The van der Waals surface area contributed by atoms with Crippen LogP contribution >= 0.6 is 34.4 Å². The van der Waals surface area contributed by atoms with Gasteiger partial charge in [0.2, 0.25) is 5.13 Å². The van der Waals surface area contributed by atoms with Gasteiger partial charge >= 0.3 is 0 Å². The molecule has 0 amide bonds. The monoisotopic (exact) mass is 391 g/mol. The average molecular weight is 392 g/mol. The molecule has 25 heavy (non-hydrogen) atoms. The van der Waals surface area contributed by atoms with E-state index in [1.807, 2.05) is 0 Å². The van der Waals surface area contributed by atoms with Crippen LogP contribution in [0.4, 0.5) is 5.13 Å². The molecule has 0 saturated carbocycles. The van der Waals surface area contributed by atoms with E-state index in [1.165, 1.54) is 16.0 Å². The molecular weight excluding hydrogens is 370 g/mol. The number of nitrogens with one attached hydrogen (secondary N) is 1. The summed E-state index contributed by atoms with van der Waals surface area (Å²) >= 11 is 5.07. The van der Waals surface area contributed by atoms with Crippen LogP contribution in [0.1, 0.15) is 16.0 Å². The summed E-state index contributed by atoms with van der Waals surface area (Å²) in [7, 11) is 0. The maximum absolute atomic E-state index is 5.87. The number of hydrogen-bond donors (Lipinski definition) is 1. The van der Waals surface area contributed by atoms with E-state index in [4.69, 9.17) is 4.74 Å². The number of thiophene rings is 1. The topological polar surface area (TPSA) is 47.0 Å². The summed E-state index contributed by atoms with van der Waals surface area (Å²) in [4.78, 5) is 1.38. The lowest BCUT2D eigenvalue weighted by Gasteiger charge is -2.09. The van der Waals surface area contributed by atoms with Gasteiger partial charge in [-0.3, -0.25) is 0 Å². The highest BCUT2D eigenvalue weighted by molar-refractivity contribution is 8.01. The Hall–Kier alpha value is -1.57. The molecule has 4 nitrogen and oxygen atoms in total. The second-order valence-electron chi connectivity index (χ2n) is 5.60. The molecule has 0 aliphatic rings. The van der Waals surface area contributed by atoms with E-state index >= 15 is 0 Å². The predicted octanol–water partition coefficient (Wildman–Crippen LogP) is 5.04. The van der Waals surface area contributed by atoms with Crippen molar-refractivity contribution in [3.63, 3.8) is 0 Å². The molecule has 3 aromatic rings. The van der Waals surface area contributed by atoms with Crippen molar-refractivity contribution in [2.24, 2.45) is 0 Å². The number of anilines is 1. The van der Waals surface area contributed by atoms with Crippen molar-refractivity contribution in [2.45, 2.75) is 24.6 Å². The van der Waals surface area contributed by atoms with E-state index in [0.29, 0.717) is 6.61 Å². The highest BCUT2D eigenvalue weighted by atomic mass is 32.2. The first-order valence-electron chi connectivity index (χ1n) is 8.13. The number of nitrogens with zero attached hydrogens (tertiary/aromatic N) is 2. The van der Waals surface area contributed by atoms with Gasteiger partial charge in [-0.05, 0) is 48.9 Å². The number of rotatable bonds is 9. The smallest absolute Gasteiger partial charge is 0.206 e. The van der Waals surface area contributed by atoms with E-state index in [1.54, 1.807) is 34.4 Å². The van der Waals surface area contributed by atoms with Crippen LogP contribution in [-0.2, 0) is 6.42 Å². The molecule has 132 valence electrons. The van der Waals surface area contributed by atoms with Crippen LogP contribution in [0, 0.1) is 13.8 Å². The third-order valence-electron chi connectivity index (χ3n) is 3.54. The van der Waals surface area contributed by atoms with Crippen molar-refractivity contribution in [2.75, 3.05) is 24.2 Å². The number of thioether (sulfide) groups is 1. The molecule has 0 atom stereocenters. The van der Waals surface area contributed by atoms with Gasteiger partial charge in [0.25, 0.3) is 0 Å². The summed E-state index contributed by atoms with van der Waals surface area (Å²) in [5.74, 6) is 1.82. The maximum atomic E-state index is 5.87. The summed E-state index contributed by atoms with van der Waals surface area (Å²) in [5.41, 5.74) is 2.39. The summed E-state index contributed by atoms with van der Waals surface area (Å²) in [6, 6.07) is 10.5. The Labute approximate surface area is 160 Å². The van der Waals surface area contributed by atoms with E-state index < -0.39 is 0 Å². The van der Waals surface area contributed by atoms with Crippen molar-refractivity contribution >= 4 is 39.6 Å². The lowest BCUT2D eigenvalue weighted by molar-refractivity contribution is 0.341. The van der Waals surface area contributed by atoms with E-state index in [9.17, 15) is 0 Å². The second-order valence-corrected chi connectivity index (χ2v) is 8.95. The fraction of sp³-hybridized carbons (Fsp3) is 0.333. The molecule has 0 spiro atoms. The van der Waals surface area contributed by atoms with Gasteiger partial charge in [-0.2, -0.15) is 0 Å². The average Bonchev–Trinajstić information content (AvgIpc) is 3.27. The quantitative estimate of drug-likeness (QED) is 0.409. The minimum Gasteiger partial charge on any atom is -0.492 e. The zero-order valence-corrected chi connectivity index (χ0v) is 16.8. The Balaban J connectivity index is 1.37. The summed E-state index contributed by atoms with van der Waals surface area (Å²) < 4.78 is 6.85. The summed E-state index contributed by atoms with van der Waals surface area (Å²) in [6.07, 6.45) is 1.02. The molecule has 0 radical (unpaired) electrons. The fourth-order valence-electron chi connectivity index (χ4n) is 2.23. The first kappa shape index (κ1) is 18.2. The van der Waals surface area contributed by atoms with Crippen LogP contribution in [-0.4, -0.2) is 29.1 Å².